The van der Waals surface area contributed by atoms with E-state index in [-0.39, 0.29) is 41.7 Å². The van der Waals surface area contributed by atoms with Crippen LogP contribution in [0.3, 0.4) is 0 Å². The molecule has 4 aromatic rings. The van der Waals surface area contributed by atoms with E-state index in [0.29, 0.717) is 12.1 Å². The van der Waals surface area contributed by atoms with E-state index < -0.39 is 11.6 Å². The molecule has 202 valence electrons. The number of carbonyl (C=O) groups excluding carboxylic acids is 1. The van der Waals surface area contributed by atoms with Crippen LogP contribution >= 0.6 is 11.3 Å². The van der Waals surface area contributed by atoms with Crippen LogP contribution in [0.1, 0.15) is 58.3 Å². The Kier molecular flexibility index (Phi) is 7.29. The number of pyridine rings is 1. The molecule has 1 aromatic carbocycles. The lowest BCUT2D eigenvalue weighted by molar-refractivity contribution is 0.0734. The van der Waals surface area contributed by atoms with Crippen molar-refractivity contribution in [1.82, 2.24) is 30.4 Å². The third kappa shape index (κ3) is 5.60. The Morgan fingerprint density at radius 2 is 2.03 bits per heavy atom. The van der Waals surface area contributed by atoms with Crippen LogP contribution < -0.4 is 10.1 Å². The number of benzene rings is 1. The van der Waals surface area contributed by atoms with Crippen LogP contribution in [0.2, 0.25) is 0 Å². The summed E-state index contributed by atoms with van der Waals surface area (Å²) < 4.78 is 11.3. The first-order valence-corrected chi connectivity index (χ1v) is 13.3. The van der Waals surface area contributed by atoms with Gasteiger partial charge < -0.3 is 24.5 Å². The first-order chi connectivity index (χ1) is 18.8. The molecule has 2 amide bonds. The van der Waals surface area contributed by atoms with E-state index >= 15 is 0 Å². The number of rotatable bonds is 8. The van der Waals surface area contributed by atoms with Gasteiger partial charge in [-0.2, -0.15) is 0 Å². The average molecular weight is 549 g/mol. The second-order valence-corrected chi connectivity index (χ2v) is 10.5. The number of hydrogen-bond donors (Lipinski definition) is 2. The van der Waals surface area contributed by atoms with Gasteiger partial charge in [0.2, 0.25) is 11.8 Å². The van der Waals surface area contributed by atoms with Gasteiger partial charge in [0.1, 0.15) is 16.2 Å². The number of amides is 2. The predicted octanol–water partition coefficient (Wildman–Crippen LogP) is 4.61. The van der Waals surface area contributed by atoms with Crippen LogP contribution in [0, 0.1) is 6.92 Å². The highest BCUT2D eigenvalue weighted by Gasteiger charge is 2.36. The SMILES string of the molecule is COc1cc(C(=O)N2CCC[C@@H]2c2nc(C)cs2)cc(-c2nnc([C@@](C)(Cc3ccccc3)NC(=O)O)o2)n1. The molecule has 0 aliphatic carbocycles. The van der Waals surface area contributed by atoms with Crippen molar-refractivity contribution in [3.8, 4) is 17.5 Å². The minimum absolute atomic E-state index is 0.0398. The molecule has 1 saturated heterocycles. The maximum Gasteiger partial charge on any atom is 0.405 e. The van der Waals surface area contributed by atoms with Crippen molar-refractivity contribution in [2.24, 2.45) is 0 Å². The van der Waals surface area contributed by atoms with E-state index in [1.165, 1.54) is 7.11 Å². The number of aromatic nitrogens is 4. The topological polar surface area (TPSA) is 144 Å². The fourth-order valence-corrected chi connectivity index (χ4v) is 5.71. The molecular formula is C27H28N6O5S. The average Bonchev–Trinajstić information content (AvgIpc) is 3.69. The Morgan fingerprint density at radius 3 is 2.72 bits per heavy atom. The van der Waals surface area contributed by atoms with Gasteiger partial charge in [0, 0.05) is 35.7 Å². The van der Waals surface area contributed by atoms with Crippen LogP contribution in [0.15, 0.2) is 52.3 Å². The van der Waals surface area contributed by atoms with Crippen LogP contribution in [0.25, 0.3) is 11.6 Å². The van der Waals surface area contributed by atoms with Crippen molar-refractivity contribution in [2.75, 3.05) is 13.7 Å². The molecule has 0 spiro atoms. The summed E-state index contributed by atoms with van der Waals surface area (Å²) in [5.74, 6) is 0.151. The van der Waals surface area contributed by atoms with E-state index in [2.05, 4.69) is 25.5 Å². The highest BCUT2D eigenvalue weighted by molar-refractivity contribution is 7.09. The van der Waals surface area contributed by atoms with Crippen molar-refractivity contribution in [3.63, 3.8) is 0 Å². The molecule has 0 bridgehead atoms. The Morgan fingerprint density at radius 1 is 1.23 bits per heavy atom. The second kappa shape index (κ2) is 10.8. The zero-order chi connectivity index (χ0) is 27.6. The first kappa shape index (κ1) is 26.3. The predicted molar refractivity (Wildman–Crippen MR) is 143 cm³/mol. The summed E-state index contributed by atoms with van der Waals surface area (Å²) in [6, 6.07) is 12.5. The summed E-state index contributed by atoms with van der Waals surface area (Å²) in [5, 5.41) is 23.2. The second-order valence-electron chi connectivity index (χ2n) is 9.60. The number of nitrogens with zero attached hydrogens (tertiary/aromatic N) is 5. The number of hydrogen-bond acceptors (Lipinski definition) is 9. The lowest BCUT2D eigenvalue weighted by Gasteiger charge is -2.25. The molecule has 2 atom stereocenters. The van der Waals surface area contributed by atoms with Crippen molar-refractivity contribution in [3.05, 3.63) is 75.6 Å². The molecule has 39 heavy (non-hydrogen) atoms. The van der Waals surface area contributed by atoms with Gasteiger partial charge in [-0.15, -0.1) is 21.5 Å². The van der Waals surface area contributed by atoms with Gasteiger partial charge >= 0.3 is 6.09 Å². The smallest absolute Gasteiger partial charge is 0.405 e. The maximum atomic E-state index is 13.7. The van der Waals surface area contributed by atoms with Crippen LogP contribution in [0.5, 0.6) is 5.88 Å². The van der Waals surface area contributed by atoms with E-state index in [4.69, 9.17) is 9.15 Å². The Labute approximate surface area is 228 Å². The van der Waals surface area contributed by atoms with Crippen LogP contribution in [0.4, 0.5) is 4.79 Å². The zero-order valence-corrected chi connectivity index (χ0v) is 22.6. The molecule has 5 rings (SSSR count). The number of ether oxygens (including phenoxy) is 1. The molecule has 1 aliphatic heterocycles. The first-order valence-electron chi connectivity index (χ1n) is 12.4. The molecule has 11 nitrogen and oxygen atoms in total. The molecule has 0 radical (unpaired) electrons. The number of nitrogens with one attached hydrogen (secondary N) is 1. The Hall–Kier alpha value is -4.32. The van der Waals surface area contributed by atoms with Gasteiger partial charge in [0.25, 0.3) is 11.8 Å². The fourth-order valence-electron chi connectivity index (χ4n) is 4.76. The molecule has 12 heteroatoms. The highest BCUT2D eigenvalue weighted by atomic mass is 32.1. The minimum Gasteiger partial charge on any atom is -0.481 e. The summed E-state index contributed by atoms with van der Waals surface area (Å²) in [6.07, 6.45) is 0.783. The third-order valence-corrected chi connectivity index (χ3v) is 7.66. The Balaban J connectivity index is 1.46. The van der Waals surface area contributed by atoms with Gasteiger partial charge in [-0.05, 0) is 38.3 Å². The normalized spacial score (nSPS) is 16.6. The fraction of sp³-hybridized carbons (Fsp3) is 0.333. The van der Waals surface area contributed by atoms with Gasteiger partial charge in [-0.1, -0.05) is 30.3 Å². The van der Waals surface area contributed by atoms with Gasteiger partial charge in [0.15, 0.2) is 0 Å². The molecular weight excluding hydrogens is 520 g/mol. The third-order valence-electron chi connectivity index (χ3n) is 6.59. The van der Waals surface area contributed by atoms with Crippen LogP contribution in [-0.2, 0) is 12.0 Å². The van der Waals surface area contributed by atoms with Gasteiger partial charge in [-0.25, -0.2) is 14.8 Å². The number of carbonyl (C=O) groups is 2. The molecule has 1 fully saturated rings. The van der Waals surface area contributed by atoms with E-state index in [1.807, 2.05) is 47.5 Å². The standard InChI is InChI=1S/C27H28N6O5S/c1-16-15-39-23(28-16)20-10-7-11-33(20)24(34)18-12-19(29-21(13-18)37-3)22-31-32-25(38-22)27(2,30-26(35)36)14-17-8-5-4-6-9-17/h4-6,8-9,12-13,15,20,30H,7,10-11,14H2,1-3H3,(H,35,36)/t20-,27-/m1/s1. The highest BCUT2D eigenvalue weighted by Crippen LogP contribution is 2.36. The monoisotopic (exact) mass is 548 g/mol. The van der Waals surface area contributed by atoms with E-state index in [1.54, 1.807) is 30.4 Å². The molecule has 1 aliphatic rings. The number of carboxylic acid groups (broad SMARTS) is 1. The van der Waals surface area contributed by atoms with Crippen LogP contribution in [-0.4, -0.2) is 55.8 Å². The molecule has 0 unspecified atom stereocenters. The van der Waals surface area contributed by atoms with E-state index in [9.17, 15) is 14.7 Å². The summed E-state index contributed by atoms with van der Waals surface area (Å²) in [4.78, 5) is 36.1. The van der Waals surface area contributed by atoms with Gasteiger partial charge in [-0.3, -0.25) is 4.79 Å². The lowest BCUT2D eigenvalue weighted by atomic mass is 9.93. The number of methoxy groups -OCH3 is 1. The molecule has 2 N–H and O–H groups in total. The number of aryl methyl sites for hydroxylation is 1. The van der Waals surface area contributed by atoms with Crippen molar-refractivity contribution < 1.29 is 23.8 Å². The summed E-state index contributed by atoms with van der Waals surface area (Å²) in [5.41, 5.74) is 1.23. The van der Waals surface area contributed by atoms with Crippen molar-refractivity contribution in [2.45, 2.75) is 44.7 Å². The minimum atomic E-state index is -1.23. The number of thiazole rings is 1. The quantitative estimate of drug-likeness (QED) is 0.323. The molecule has 0 saturated carbocycles. The largest absolute Gasteiger partial charge is 0.481 e. The molecule has 3 aromatic heterocycles. The lowest BCUT2D eigenvalue weighted by Crippen LogP contribution is -2.44. The maximum absolute atomic E-state index is 13.7. The Bertz CT molecular complexity index is 1490. The van der Waals surface area contributed by atoms with Gasteiger partial charge in [0.05, 0.1) is 13.2 Å². The summed E-state index contributed by atoms with van der Waals surface area (Å²) in [6.45, 7) is 4.23. The van der Waals surface area contributed by atoms with Crippen molar-refractivity contribution in [1.29, 1.82) is 0 Å². The summed E-state index contributed by atoms with van der Waals surface area (Å²) >= 11 is 1.56. The summed E-state index contributed by atoms with van der Waals surface area (Å²) in [7, 11) is 1.46. The van der Waals surface area contributed by atoms with Crippen molar-refractivity contribution >= 4 is 23.3 Å². The zero-order valence-electron chi connectivity index (χ0n) is 21.7. The van der Waals surface area contributed by atoms with E-state index in [0.717, 1.165) is 29.1 Å². The molecule has 4 heterocycles. The number of likely N-dealkylation sites (tertiary alicyclic amines) is 1.